The molecule has 0 spiro atoms. The molecule has 5 heteroatoms. The lowest BCUT2D eigenvalue weighted by molar-refractivity contribution is -0.142. The second-order valence-electron chi connectivity index (χ2n) is 4.11. The number of methoxy groups -OCH3 is 1. The van der Waals surface area contributed by atoms with Gasteiger partial charge in [-0.1, -0.05) is 6.42 Å². The van der Waals surface area contributed by atoms with E-state index in [0.29, 0.717) is 13.0 Å². The van der Waals surface area contributed by atoms with Gasteiger partial charge in [0.25, 0.3) is 0 Å². The van der Waals surface area contributed by atoms with Crippen LogP contribution in [0.2, 0.25) is 0 Å². The van der Waals surface area contributed by atoms with E-state index in [4.69, 9.17) is 5.11 Å². The molecule has 0 aliphatic carbocycles. The van der Waals surface area contributed by atoms with Crippen molar-refractivity contribution < 1.29 is 19.4 Å². The number of carboxylic acid groups (broad SMARTS) is 1. The van der Waals surface area contributed by atoms with Crippen LogP contribution in [-0.4, -0.2) is 48.2 Å². The highest BCUT2D eigenvalue weighted by Gasteiger charge is 2.25. The van der Waals surface area contributed by atoms with E-state index in [1.165, 1.54) is 7.11 Å². The maximum atomic E-state index is 11.2. The van der Waals surface area contributed by atoms with Crippen molar-refractivity contribution in [2.75, 3.05) is 20.2 Å². The van der Waals surface area contributed by atoms with Gasteiger partial charge in [-0.05, 0) is 19.4 Å². The normalized spacial score (nSPS) is 21.7. The lowest BCUT2D eigenvalue weighted by Gasteiger charge is -2.34. The summed E-state index contributed by atoms with van der Waals surface area (Å²) in [6.07, 6.45) is 3.64. The molecule has 1 atom stereocenters. The molecule has 0 radical (unpaired) electrons. The molecule has 0 aromatic carbocycles. The van der Waals surface area contributed by atoms with E-state index in [2.05, 4.69) is 9.64 Å². The van der Waals surface area contributed by atoms with Gasteiger partial charge in [0, 0.05) is 12.6 Å². The number of hydrogen-bond acceptors (Lipinski definition) is 4. The van der Waals surface area contributed by atoms with Crippen LogP contribution in [0.4, 0.5) is 0 Å². The van der Waals surface area contributed by atoms with Crippen molar-refractivity contribution in [1.29, 1.82) is 0 Å². The van der Waals surface area contributed by atoms with Crippen LogP contribution in [0, 0.1) is 0 Å². The minimum absolute atomic E-state index is 0.137. The lowest BCUT2D eigenvalue weighted by atomic mass is 9.99. The number of hydrogen-bond donors (Lipinski definition) is 1. The maximum absolute atomic E-state index is 11.2. The predicted molar refractivity (Wildman–Crippen MR) is 58.1 cm³/mol. The Morgan fingerprint density at radius 1 is 1.44 bits per heavy atom. The molecule has 92 valence electrons. The highest BCUT2D eigenvalue weighted by molar-refractivity contribution is 5.70. The molecule has 0 aromatic rings. The van der Waals surface area contributed by atoms with Crippen LogP contribution in [0.15, 0.2) is 0 Å². The summed E-state index contributed by atoms with van der Waals surface area (Å²) in [4.78, 5) is 23.8. The van der Waals surface area contributed by atoms with E-state index in [1.54, 1.807) is 0 Å². The highest BCUT2D eigenvalue weighted by Crippen LogP contribution is 2.20. The monoisotopic (exact) mass is 229 g/mol. The third kappa shape index (κ3) is 4.18. The Balaban J connectivity index is 2.43. The van der Waals surface area contributed by atoms with Gasteiger partial charge >= 0.3 is 11.9 Å². The van der Waals surface area contributed by atoms with E-state index < -0.39 is 5.97 Å². The zero-order valence-electron chi connectivity index (χ0n) is 9.65. The SMILES string of the molecule is COC(=O)CC1CCCCN1CCC(=O)O. The molecule has 1 rings (SSSR count). The smallest absolute Gasteiger partial charge is 0.307 e. The standard InChI is InChI=1S/C11H19NO4/c1-16-11(15)8-9-4-2-3-6-12(9)7-5-10(13)14/h9H,2-8H2,1H3,(H,13,14). The average Bonchev–Trinajstić information content (AvgIpc) is 2.27. The summed E-state index contributed by atoms with van der Waals surface area (Å²) < 4.78 is 4.64. The number of esters is 1. The molecule has 1 aliphatic rings. The van der Waals surface area contributed by atoms with Crippen LogP contribution in [0.3, 0.4) is 0 Å². The number of carboxylic acids is 1. The summed E-state index contributed by atoms with van der Waals surface area (Å²) in [6, 6.07) is 0.153. The van der Waals surface area contributed by atoms with Crippen LogP contribution in [0.1, 0.15) is 32.1 Å². The summed E-state index contributed by atoms with van der Waals surface area (Å²) in [5.41, 5.74) is 0. The van der Waals surface area contributed by atoms with Crippen molar-refractivity contribution in [2.45, 2.75) is 38.1 Å². The Morgan fingerprint density at radius 2 is 2.19 bits per heavy atom. The minimum Gasteiger partial charge on any atom is -0.481 e. The first-order valence-electron chi connectivity index (χ1n) is 5.66. The fourth-order valence-corrected chi connectivity index (χ4v) is 2.10. The van der Waals surface area contributed by atoms with Crippen molar-refractivity contribution >= 4 is 11.9 Å². The summed E-state index contributed by atoms with van der Waals surface area (Å²) in [5, 5.41) is 8.64. The van der Waals surface area contributed by atoms with Gasteiger partial charge in [-0.25, -0.2) is 0 Å². The second-order valence-corrected chi connectivity index (χ2v) is 4.11. The summed E-state index contributed by atoms with van der Waals surface area (Å²) in [7, 11) is 1.38. The Labute approximate surface area is 95.4 Å². The molecule has 1 unspecified atom stereocenters. The molecule has 0 amide bonds. The number of ether oxygens (including phenoxy) is 1. The Bertz CT molecular complexity index is 254. The topological polar surface area (TPSA) is 66.8 Å². The van der Waals surface area contributed by atoms with Crippen LogP contribution in [0.25, 0.3) is 0 Å². The van der Waals surface area contributed by atoms with Gasteiger partial charge in [0.15, 0.2) is 0 Å². The minimum atomic E-state index is -0.789. The lowest BCUT2D eigenvalue weighted by Crippen LogP contribution is -2.42. The first-order valence-corrected chi connectivity index (χ1v) is 5.66. The number of carbonyl (C=O) groups excluding carboxylic acids is 1. The molecule has 0 bridgehead atoms. The first-order chi connectivity index (χ1) is 7.63. The van der Waals surface area contributed by atoms with E-state index in [-0.39, 0.29) is 18.4 Å². The molecule has 1 aliphatic heterocycles. The maximum Gasteiger partial charge on any atom is 0.307 e. The van der Waals surface area contributed by atoms with Gasteiger partial charge in [-0.15, -0.1) is 0 Å². The second kappa shape index (κ2) is 6.48. The Kier molecular flexibility index (Phi) is 5.25. The molecule has 1 fully saturated rings. The molecule has 0 saturated carbocycles. The van der Waals surface area contributed by atoms with Gasteiger partial charge < -0.3 is 9.84 Å². The number of rotatable bonds is 5. The van der Waals surface area contributed by atoms with E-state index in [1.807, 2.05) is 0 Å². The van der Waals surface area contributed by atoms with Gasteiger partial charge in [-0.2, -0.15) is 0 Å². The fourth-order valence-electron chi connectivity index (χ4n) is 2.10. The highest BCUT2D eigenvalue weighted by atomic mass is 16.5. The average molecular weight is 229 g/mol. The molecule has 0 aromatic heterocycles. The quantitative estimate of drug-likeness (QED) is 0.709. The predicted octanol–water partition coefficient (Wildman–Crippen LogP) is 0.879. The zero-order valence-corrected chi connectivity index (χ0v) is 9.65. The number of nitrogens with zero attached hydrogens (tertiary/aromatic N) is 1. The van der Waals surface area contributed by atoms with Crippen LogP contribution < -0.4 is 0 Å². The number of likely N-dealkylation sites (tertiary alicyclic amines) is 1. The molecule has 16 heavy (non-hydrogen) atoms. The number of piperidine rings is 1. The molecular formula is C11H19NO4. The van der Waals surface area contributed by atoms with Gasteiger partial charge in [0.05, 0.1) is 20.0 Å². The third-order valence-corrected chi connectivity index (χ3v) is 2.99. The summed E-state index contributed by atoms with van der Waals surface area (Å²) >= 11 is 0. The molecule has 1 saturated heterocycles. The van der Waals surface area contributed by atoms with Crippen molar-refractivity contribution in [2.24, 2.45) is 0 Å². The number of carbonyl (C=O) groups is 2. The van der Waals surface area contributed by atoms with Crippen molar-refractivity contribution in [1.82, 2.24) is 4.90 Å². The zero-order chi connectivity index (χ0) is 12.0. The summed E-state index contributed by atoms with van der Waals surface area (Å²) in [5.74, 6) is -1.00. The molecule has 1 N–H and O–H groups in total. The number of aliphatic carboxylic acids is 1. The third-order valence-electron chi connectivity index (χ3n) is 2.99. The van der Waals surface area contributed by atoms with Crippen molar-refractivity contribution in [3.8, 4) is 0 Å². The molecule has 1 heterocycles. The van der Waals surface area contributed by atoms with Crippen molar-refractivity contribution in [3.63, 3.8) is 0 Å². The van der Waals surface area contributed by atoms with Crippen LogP contribution in [0.5, 0.6) is 0 Å². The van der Waals surface area contributed by atoms with E-state index in [0.717, 1.165) is 25.8 Å². The van der Waals surface area contributed by atoms with Crippen molar-refractivity contribution in [3.05, 3.63) is 0 Å². The van der Waals surface area contributed by atoms with Gasteiger partial charge in [-0.3, -0.25) is 14.5 Å². The van der Waals surface area contributed by atoms with Crippen LogP contribution in [-0.2, 0) is 14.3 Å². The molecular weight excluding hydrogens is 210 g/mol. The summed E-state index contributed by atoms with van der Waals surface area (Å²) in [6.45, 7) is 1.41. The van der Waals surface area contributed by atoms with E-state index in [9.17, 15) is 9.59 Å². The first kappa shape index (κ1) is 13.0. The van der Waals surface area contributed by atoms with Gasteiger partial charge in [0.1, 0.15) is 0 Å². The van der Waals surface area contributed by atoms with Gasteiger partial charge in [0.2, 0.25) is 0 Å². The molecule has 5 nitrogen and oxygen atoms in total. The fraction of sp³-hybridized carbons (Fsp3) is 0.818. The largest absolute Gasteiger partial charge is 0.481 e. The Hall–Kier alpha value is -1.10. The van der Waals surface area contributed by atoms with E-state index >= 15 is 0 Å². The van der Waals surface area contributed by atoms with Crippen LogP contribution >= 0.6 is 0 Å². The Morgan fingerprint density at radius 3 is 2.81 bits per heavy atom.